The van der Waals surface area contributed by atoms with E-state index in [-0.39, 0.29) is 27.1 Å². The number of nitrogens with zero attached hydrogens (tertiary/aromatic N) is 2. The summed E-state index contributed by atoms with van der Waals surface area (Å²) in [6, 6.07) is -0.971. The second kappa shape index (κ2) is 7.81. The number of nitrogens with two attached hydrogens (primary N) is 1. The number of carboxylic acids is 2. The van der Waals surface area contributed by atoms with Gasteiger partial charge in [0, 0.05) is 16.2 Å². The number of thiazole rings is 1. The predicted octanol–water partition coefficient (Wildman–Crippen LogP) is 0.518. The summed E-state index contributed by atoms with van der Waals surface area (Å²) in [6.45, 7) is 0. The highest BCUT2D eigenvalue weighted by molar-refractivity contribution is 8.00. The van der Waals surface area contributed by atoms with Crippen molar-refractivity contribution < 1.29 is 29.4 Å². The number of aromatic nitrogens is 1. The number of hydrogen-bond acceptors (Lipinski definition) is 8. The molecule has 0 unspecified atom stereocenters. The van der Waals surface area contributed by atoms with Gasteiger partial charge in [0.25, 0.3) is 11.8 Å². The number of carbonyl (C=O) groups is 4. The first-order chi connectivity index (χ1) is 13.2. The van der Waals surface area contributed by atoms with E-state index in [1.54, 1.807) is 0 Å². The van der Waals surface area contributed by atoms with Crippen LogP contribution in [0.1, 0.15) is 12.1 Å². The Bertz CT molecular complexity index is 943. The molecule has 0 aromatic carbocycles. The van der Waals surface area contributed by atoms with Crippen molar-refractivity contribution in [3.05, 3.63) is 27.9 Å². The Hall–Kier alpha value is -2.57. The fourth-order valence-corrected chi connectivity index (χ4v) is 4.80. The van der Waals surface area contributed by atoms with Crippen LogP contribution in [0.2, 0.25) is 0 Å². The van der Waals surface area contributed by atoms with Crippen LogP contribution in [0.25, 0.3) is 5.57 Å². The van der Waals surface area contributed by atoms with Crippen LogP contribution < -0.4 is 11.1 Å². The summed E-state index contributed by atoms with van der Waals surface area (Å²) in [4.78, 5) is 52.4. The quantitative estimate of drug-likeness (QED) is 0.361. The fourth-order valence-electron chi connectivity index (χ4n) is 2.75. The number of aliphatic carboxylic acids is 2. The number of hydrogen-bond donors (Lipinski definition) is 4. The van der Waals surface area contributed by atoms with E-state index in [1.807, 2.05) is 0 Å². The molecule has 0 spiro atoms. The number of carbonyl (C=O) groups excluding carboxylic acids is 2. The number of halogens is 1. The molecule has 0 aliphatic carbocycles. The van der Waals surface area contributed by atoms with Gasteiger partial charge in [-0.05, 0) is 6.08 Å². The molecule has 2 amide bonds. The molecule has 1 aromatic heterocycles. The van der Waals surface area contributed by atoms with Crippen molar-refractivity contribution in [3.8, 4) is 0 Å². The van der Waals surface area contributed by atoms with Crippen molar-refractivity contribution in [1.82, 2.24) is 15.2 Å². The SMILES string of the molecule is Nc1nc(/C(C(=O)N[C@@H]2C(=O)N3C(C(=O)O)=CCS[C@H]23)=C(/Cl)CC(=O)O)cs1. The fraction of sp³-hybridized carbons (Fsp3) is 0.267. The van der Waals surface area contributed by atoms with Crippen LogP contribution in [0.4, 0.5) is 5.13 Å². The van der Waals surface area contributed by atoms with Crippen LogP contribution in [0.3, 0.4) is 0 Å². The van der Waals surface area contributed by atoms with Gasteiger partial charge in [-0.25, -0.2) is 9.78 Å². The number of fused-ring (bicyclic) bond motifs is 1. The monoisotopic (exact) mass is 444 g/mol. The molecule has 148 valence electrons. The van der Waals surface area contributed by atoms with Gasteiger partial charge in [0.05, 0.1) is 17.7 Å². The van der Waals surface area contributed by atoms with Crippen molar-refractivity contribution in [1.29, 1.82) is 0 Å². The number of anilines is 1. The Morgan fingerprint density at radius 2 is 2.11 bits per heavy atom. The lowest BCUT2D eigenvalue weighted by Gasteiger charge is -2.48. The lowest BCUT2D eigenvalue weighted by Crippen LogP contribution is -2.70. The molecule has 5 N–H and O–H groups in total. The number of nitrogens with one attached hydrogen (secondary N) is 1. The zero-order valence-electron chi connectivity index (χ0n) is 13.9. The van der Waals surface area contributed by atoms with Gasteiger partial charge in [0.15, 0.2) is 5.13 Å². The van der Waals surface area contributed by atoms with Crippen molar-refractivity contribution in [2.75, 3.05) is 11.5 Å². The lowest BCUT2D eigenvalue weighted by molar-refractivity contribution is -0.150. The Balaban J connectivity index is 1.84. The van der Waals surface area contributed by atoms with E-state index in [0.29, 0.717) is 5.75 Å². The molecule has 1 saturated heterocycles. The van der Waals surface area contributed by atoms with Gasteiger partial charge in [0.1, 0.15) is 17.1 Å². The molecule has 2 aliphatic rings. The third-order valence-electron chi connectivity index (χ3n) is 3.93. The topological polar surface area (TPSA) is 163 Å². The summed E-state index contributed by atoms with van der Waals surface area (Å²) in [6.07, 6.45) is 0.809. The summed E-state index contributed by atoms with van der Waals surface area (Å²) < 4.78 is 0. The molecule has 28 heavy (non-hydrogen) atoms. The van der Waals surface area contributed by atoms with Crippen molar-refractivity contribution >= 4 is 69.2 Å². The molecule has 10 nitrogen and oxygen atoms in total. The maximum absolute atomic E-state index is 12.8. The highest BCUT2D eigenvalue weighted by Gasteiger charge is 2.53. The third kappa shape index (κ3) is 3.70. The van der Waals surface area contributed by atoms with E-state index in [9.17, 15) is 24.3 Å². The first kappa shape index (κ1) is 20.2. The summed E-state index contributed by atoms with van der Waals surface area (Å²) >= 11 is 8.37. The molecular formula is C15H13ClN4O6S2. The van der Waals surface area contributed by atoms with Crippen molar-refractivity contribution in [3.63, 3.8) is 0 Å². The van der Waals surface area contributed by atoms with Gasteiger partial charge in [-0.15, -0.1) is 23.1 Å². The summed E-state index contributed by atoms with van der Waals surface area (Å²) in [7, 11) is 0. The van der Waals surface area contributed by atoms with Crippen LogP contribution in [-0.4, -0.2) is 61.0 Å². The highest BCUT2D eigenvalue weighted by Crippen LogP contribution is 2.38. The van der Waals surface area contributed by atoms with E-state index < -0.39 is 41.6 Å². The number of thioether (sulfide) groups is 1. The highest BCUT2D eigenvalue weighted by atomic mass is 35.5. The number of rotatable bonds is 6. The zero-order valence-corrected chi connectivity index (χ0v) is 16.3. The minimum atomic E-state index is -1.25. The van der Waals surface area contributed by atoms with Gasteiger partial charge in [-0.2, -0.15) is 0 Å². The summed E-state index contributed by atoms with van der Waals surface area (Å²) in [5, 5.41) is 21.4. The lowest BCUT2D eigenvalue weighted by atomic mass is 10.0. The predicted molar refractivity (Wildman–Crippen MR) is 102 cm³/mol. The summed E-state index contributed by atoms with van der Waals surface area (Å²) in [5.74, 6) is -3.48. The van der Waals surface area contributed by atoms with Gasteiger partial charge in [0.2, 0.25) is 0 Å². The number of amides is 2. The van der Waals surface area contributed by atoms with Crippen LogP contribution in [0, 0.1) is 0 Å². The van der Waals surface area contributed by atoms with Crippen LogP contribution in [-0.2, 0) is 19.2 Å². The Morgan fingerprint density at radius 3 is 2.68 bits per heavy atom. The molecular weight excluding hydrogens is 432 g/mol. The third-order valence-corrected chi connectivity index (χ3v) is 6.12. The van der Waals surface area contributed by atoms with Crippen LogP contribution in [0.15, 0.2) is 22.2 Å². The normalized spacial score (nSPS) is 21.8. The second-order valence-corrected chi connectivity index (χ2v) is 8.19. The van der Waals surface area contributed by atoms with Crippen molar-refractivity contribution in [2.45, 2.75) is 17.8 Å². The van der Waals surface area contributed by atoms with Gasteiger partial charge >= 0.3 is 11.9 Å². The largest absolute Gasteiger partial charge is 0.481 e. The molecule has 1 fully saturated rings. The van der Waals surface area contributed by atoms with Crippen LogP contribution >= 0.6 is 34.7 Å². The number of carboxylic acid groups (broad SMARTS) is 2. The first-order valence-corrected chi connectivity index (χ1v) is 10.0. The summed E-state index contributed by atoms with van der Waals surface area (Å²) in [5.41, 5.74) is 5.34. The molecule has 3 rings (SSSR count). The Labute approximate surface area is 171 Å². The standard InChI is InChI=1S/C15H13ClN4O6S2/c16-5(3-8(21)22)9(6-4-28-15(17)18-6)11(23)19-10-12(24)20-7(14(25)26)1-2-27-13(10)20/h1,4,10,13H,2-3H2,(H2,17,18)(H,19,23)(H,21,22)(H,25,26)/b9-5-/t10-,13-/m1/s1. The second-order valence-electron chi connectivity index (χ2n) is 5.70. The average molecular weight is 445 g/mol. The maximum atomic E-state index is 12.8. The van der Waals surface area contributed by atoms with E-state index in [0.717, 1.165) is 16.2 Å². The molecule has 0 radical (unpaired) electrons. The molecule has 1 aromatic rings. The Morgan fingerprint density at radius 1 is 1.39 bits per heavy atom. The molecule has 0 saturated carbocycles. The zero-order chi connectivity index (χ0) is 20.6. The van der Waals surface area contributed by atoms with E-state index in [2.05, 4.69) is 10.3 Å². The molecule has 13 heteroatoms. The maximum Gasteiger partial charge on any atom is 0.352 e. The van der Waals surface area contributed by atoms with Gasteiger partial charge in [-0.1, -0.05) is 11.6 Å². The smallest absolute Gasteiger partial charge is 0.352 e. The molecule has 3 heterocycles. The van der Waals surface area contributed by atoms with Gasteiger partial charge in [-0.3, -0.25) is 19.3 Å². The van der Waals surface area contributed by atoms with Gasteiger partial charge < -0.3 is 21.3 Å². The molecule has 2 atom stereocenters. The average Bonchev–Trinajstić information content (AvgIpc) is 3.03. The minimum absolute atomic E-state index is 0.0947. The van der Waals surface area contributed by atoms with E-state index in [4.69, 9.17) is 22.4 Å². The molecule has 0 bridgehead atoms. The van der Waals surface area contributed by atoms with E-state index >= 15 is 0 Å². The minimum Gasteiger partial charge on any atom is -0.481 e. The first-order valence-electron chi connectivity index (χ1n) is 7.71. The van der Waals surface area contributed by atoms with E-state index in [1.165, 1.54) is 23.2 Å². The molecule has 2 aliphatic heterocycles. The Kier molecular flexibility index (Phi) is 5.63. The number of nitrogen functional groups attached to an aromatic ring is 1. The number of β-lactam (4-membered cyclic amide) rings is 1. The van der Waals surface area contributed by atoms with Crippen LogP contribution in [0.5, 0.6) is 0 Å². The van der Waals surface area contributed by atoms with Crippen molar-refractivity contribution in [2.24, 2.45) is 0 Å².